The number of pyridine rings is 2. The predicted molar refractivity (Wildman–Crippen MR) is 100 cm³/mol. The number of piperidine rings is 1. The topological polar surface area (TPSA) is 99.0 Å². The number of halogens is 1. The molecule has 0 saturated carbocycles. The lowest BCUT2D eigenvalue weighted by molar-refractivity contribution is -0.117. The molecule has 1 N–H and O–H groups in total. The minimum Gasteiger partial charge on any atom is -0.323 e. The van der Waals surface area contributed by atoms with Crippen LogP contribution in [-0.2, 0) is 4.79 Å². The molecule has 1 aliphatic rings. The zero-order valence-electron chi connectivity index (χ0n) is 15.5. The molecule has 8 heteroatoms. The highest BCUT2D eigenvalue weighted by Gasteiger charge is 2.23. The van der Waals surface area contributed by atoms with Gasteiger partial charge in [-0.05, 0) is 56.1 Å². The molecule has 3 heterocycles. The molecule has 0 aromatic carbocycles. The lowest BCUT2D eigenvalue weighted by Crippen LogP contribution is -2.38. The summed E-state index contributed by atoms with van der Waals surface area (Å²) in [5, 5.41) is 11.7. The van der Waals surface area contributed by atoms with Crippen molar-refractivity contribution in [1.82, 2.24) is 14.9 Å². The maximum absolute atomic E-state index is 14.0. The van der Waals surface area contributed by atoms with Crippen LogP contribution in [0.4, 0.5) is 10.1 Å². The summed E-state index contributed by atoms with van der Waals surface area (Å²) < 4.78 is 14.0. The van der Waals surface area contributed by atoms with Gasteiger partial charge in [0.1, 0.15) is 23.2 Å². The van der Waals surface area contributed by atoms with Crippen LogP contribution in [0.25, 0.3) is 0 Å². The van der Waals surface area contributed by atoms with Gasteiger partial charge < -0.3 is 5.32 Å². The number of rotatable bonds is 5. The van der Waals surface area contributed by atoms with Crippen molar-refractivity contribution in [3.8, 4) is 6.07 Å². The molecule has 7 nitrogen and oxygen atoms in total. The number of amides is 1. The van der Waals surface area contributed by atoms with Gasteiger partial charge in [-0.3, -0.25) is 14.5 Å². The normalized spacial score (nSPS) is 15.0. The SMILES string of the molecule is CC1CCN(CC(=O)Nc2ccc(C#N)nc2C(=O)c2ncccc2F)CC1. The Bertz CT molecular complexity index is 932. The van der Waals surface area contributed by atoms with E-state index in [9.17, 15) is 14.0 Å². The summed E-state index contributed by atoms with van der Waals surface area (Å²) in [6, 6.07) is 7.14. The summed E-state index contributed by atoms with van der Waals surface area (Å²) in [7, 11) is 0. The van der Waals surface area contributed by atoms with E-state index in [2.05, 4.69) is 22.2 Å². The van der Waals surface area contributed by atoms with Crippen molar-refractivity contribution >= 4 is 17.4 Å². The quantitative estimate of drug-likeness (QED) is 0.799. The third-order valence-electron chi connectivity index (χ3n) is 4.72. The van der Waals surface area contributed by atoms with Crippen LogP contribution < -0.4 is 5.32 Å². The Morgan fingerprint density at radius 3 is 2.71 bits per heavy atom. The molecule has 0 radical (unpaired) electrons. The molecule has 2 aromatic rings. The molecule has 3 rings (SSSR count). The number of likely N-dealkylation sites (tertiary alicyclic amines) is 1. The van der Waals surface area contributed by atoms with E-state index in [0.717, 1.165) is 32.0 Å². The van der Waals surface area contributed by atoms with E-state index >= 15 is 0 Å². The zero-order valence-corrected chi connectivity index (χ0v) is 15.5. The summed E-state index contributed by atoms with van der Waals surface area (Å²) in [6.45, 7) is 4.06. The highest BCUT2D eigenvalue weighted by molar-refractivity contribution is 6.11. The minimum absolute atomic E-state index is 0.0114. The predicted octanol–water partition coefficient (Wildman–Crippen LogP) is 2.39. The largest absolute Gasteiger partial charge is 0.323 e. The van der Waals surface area contributed by atoms with Gasteiger partial charge in [0.25, 0.3) is 0 Å². The Morgan fingerprint density at radius 1 is 1.29 bits per heavy atom. The fourth-order valence-electron chi connectivity index (χ4n) is 3.07. The number of aromatic nitrogens is 2. The molecule has 0 unspecified atom stereocenters. The number of carbonyl (C=O) groups is 2. The average molecular weight is 381 g/mol. The molecule has 1 amide bonds. The van der Waals surface area contributed by atoms with Crippen LogP contribution in [0.2, 0.25) is 0 Å². The van der Waals surface area contributed by atoms with Gasteiger partial charge in [0.05, 0.1) is 12.2 Å². The smallest absolute Gasteiger partial charge is 0.238 e. The Labute approximate surface area is 162 Å². The lowest BCUT2D eigenvalue weighted by atomic mass is 9.99. The van der Waals surface area contributed by atoms with Crippen molar-refractivity contribution < 1.29 is 14.0 Å². The van der Waals surface area contributed by atoms with E-state index in [1.165, 1.54) is 24.4 Å². The minimum atomic E-state index is -0.795. The third-order valence-corrected chi connectivity index (χ3v) is 4.72. The molecule has 0 spiro atoms. The molecule has 1 saturated heterocycles. The van der Waals surface area contributed by atoms with Gasteiger partial charge in [0.15, 0.2) is 5.82 Å². The molecule has 0 bridgehead atoms. The van der Waals surface area contributed by atoms with Crippen LogP contribution in [0.5, 0.6) is 0 Å². The number of hydrogen-bond acceptors (Lipinski definition) is 6. The molecule has 0 aliphatic carbocycles. The fourth-order valence-corrected chi connectivity index (χ4v) is 3.07. The van der Waals surface area contributed by atoms with E-state index in [-0.39, 0.29) is 29.5 Å². The lowest BCUT2D eigenvalue weighted by Gasteiger charge is -2.29. The highest BCUT2D eigenvalue weighted by atomic mass is 19.1. The van der Waals surface area contributed by atoms with E-state index < -0.39 is 17.3 Å². The van der Waals surface area contributed by atoms with Crippen LogP contribution in [-0.4, -0.2) is 46.2 Å². The maximum atomic E-state index is 14.0. The maximum Gasteiger partial charge on any atom is 0.238 e. The number of nitrogens with one attached hydrogen (secondary N) is 1. The van der Waals surface area contributed by atoms with Crippen LogP contribution in [0.1, 0.15) is 41.6 Å². The summed E-state index contributed by atoms with van der Waals surface area (Å²) in [4.78, 5) is 35.0. The summed E-state index contributed by atoms with van der Waals surface area (Å²) in [5.41, 5.74) is -0.505. The van der Waals surface area contributed by atoms with Gasteiger partial charge in [0.2, 0.25) is 11.7 Å². The van der Waals surface area contributed by atoms with Crippen molar-refractivity contribution in [3.05, 3.63) is 53.4 Å². The number of nitrogens with zero attached hydrogens (tertiary/aromatic N) is 4. The molecular weight excluding hydrogens is 361 g/mol. The highest BCUT2D eigenvalue weighted by Crippen LogP contribution is 2.20. The number of nitriles is 1. The molecule has 2 aromatic heterocycles. The standard InChI is InChI=1S/C20H20FN5O2/c1-13-6-9-26(10-7-13)12-17(27)25-16-5-4-14(11-22)24-19(16)20(28)18-15(21)3-2-8-23-18/h2-5,8,13H,6-7,9-10,12H2,1H3,(H,25,27). The first kappa shape index (κ1) is 19.6. The van der Waals surface area contributed by atoms with Gasteiger partial charge in [-0.15, -0.1) is 0 Å². The van der Waals surface area contributed by atoms with Crippen LogP contribution in [0.15, 0.2) is 30.5 Å². The average Bonchev–Trinajstić information content (AvgIpc) is 2.70. The first-order valence-electron chi connectivity index (χ1n) is 9.06. The van der Waals surface area contributed by atoms with Gasteiger partial charge in [-0.2, -0.15) is 5.26 Å². The summed E-state index contributed by atoms with van der Waals surface area (Å²) >= 11 is 0. The van der Waals surface area contributed by atoms with Gasteiger partial charge in [-0.1, -0.05) is 6.92 Å². The Kier molecular flexibility index (Phi) is 6.06. The Balaban J connectivity index is 1.81. The zero-order chi connectivity index (χ0) is 20.1. The van der Waals surface area contributed by atoms with Crippen molar-refractivity contribution in [1.29, 1.82) is 5.26 Å². The van der Waals surface area contributed by atoms with Gasteiger partial charge >= 0.3 is 0 Å². The van der Waals surface area contributed by atoms with E-state index in [0.29, 0.717) is 5.92 Å². The number of carbonyl (C=O) groups excluding carboxylic acids is 2. The van der Waals surface area contributed by atoms with E-state index in [1.54, 1.807) is 0 Å². The third kappa shape index (κ3) is 4.56. The molecular formula is C20H20FN5O2. The van der Waals surface area contributed by atoms with Crippen molar-refractivity contribution in [2.45, 2.75) is 19.8 Å². The molecule has 1 aliphatic heterocycles. The molecule has 28 heavy (non-hydrogen) atoms. The summed E-state index contributed by atoms with van der Waals surface area (Å²) in [6.07, 6.45) is 3.36. The Morgan fingerprint density at radius 2 is 2.04 bits per heavy atom. The van der Waals surface area contributed by atoms with Crippen molar-refractivity contribution in [3.63, 3.8) is 0 Å². The monoisotopic (exact) mass is 381 g/mol. The van der Waals surface area contributed by atoms with Crippen LogP contribution in [0, 0.1) is 23.1 Å². The Hall–Kier alpha value is -3.18. The fraction of sp³-hybridized carbons (Fsp3) is 0.350. The second-order valence-electron chi connectivity index (χ2n) is 6.87. The molecule has 1 fully saturated rings. The number of hydrogen-bond donors (Lipinski definition) is 1. The first-order chi connectivity index (χ1) is 13.5. The molecule has 144 valence electrons. The van der Waals surface area contributed by atoms with Crippen molar-refractivity contribution in [2.75, 3.05) is 25.0 Å². The van der Waals surface area contributed by atoms with Gasteiger partial charge in [0, 0.05) is 6.20 Å². The second kappa shape index (κ2) is 8.67. The summed E-state index contributed by atoms with van der Waals surface area (Å²) in [5.74, 6) is -1.23. The van der Waals surface area contributed by atoms with Crippen LogP contribution in [0.3, 0.4) is 0 Å². The number of ketones is 1. The van der Waals surface area contributed by atoms with Crippen LogP contribution >= 0.6 is 0 Å². The second-order valence-corrected chi connectivity index (χ2v) is 6.87. The van der Waals surface area contributed by atoms with E-state index in [4.69, 9.17) is 5.26 Å². The molecule has 0 atom stereocenters. The van der Waals surface area contributed by atoms with Gasteiger partial charge in [-0.25, -0.2) is 14.4 Å². The number of anilines is 1. The first-order valence-corrected chi connectivity index (χ1v) is 9.06. The van der Waals surface area contributed by atoms with Crippen molar-refractivity contribution in [2.24, 2.45) is 5.92 Å². The van der Waals surface area contributed by atoms with E-state index in [1.807, 2.05) is 11.0 Å².